The van der Waals surface area contributed by atoms with Gasteiger partial charge in [-0.05, 0) is 48.4 Å². The van der Waals surface area contributed by atoms with E-state index in [1.807, 2.05) is 85.8 Å². The second-order valence-corrected chi connectivity index (χ2v) is 11.0. The van der Waals surface area contributed by atoms with Crippen molar-refractivity contribution in [2.75, 3.05) is 6.61 Å². The number of carbonyl (C=O) groups is 2. The molecule has 5 nitrogen and oxygen atoms in total. The standard InChI is InChI=1S/C34H42N2O3/c1-25(2)30-16-10-11-17-32(30)39-24-33(37)36(23-28-20-18-26(3)19-21-28)31(22-27-12-6-4-7-13-27)34(38)35-29-14-8-5-9-15-29/h4,6-7,10-13,16-21,25,29,31H,5,8-9,14-15,22-24H2,1-3H3,(H,35,38)/t31-/m1/s1. The molecule has 39 heavy (non-hydrogen) atoms. The number of hydrogen-bond acceptors (Lipinski definition) is 3. The van der Waals surface area contributed by atoms with E-state index in [1.165, 1.54) is 6.42 Å². The van der Waals surface area contributed by atoms with Crippen LogP contribution in [0.3, 0.4) is 0 Å². The van der Waals surface area contributed by atoms with Crippen LogP contribution in [0.4, 0.5) is 0 Å². The number of amides is 2. The van der Waals surface area contributed by atoms with Crippen LogP contribution >= 0.6 is 0 Å². The molecule has 0 aliphatic heterocycles. The predicted molar refractivity (Wildman–Crippen MR) is 157 cm³/mol. The van der Waals surface area contributed by atoms with Crippen molar-refractivity contribution in [3.8, 4) is 5.75 Å². The first kappa shape index (κ1) is 28.4. The van der Waals surface area contributed by atoms with Gasteiger partial charge in [-0.25, -0.2) is 0 Å². The predicted octanol–water partition coefficient (Wildman–Crippen LogP) is 6.59. The third-order valence-electron chi connectivity index (χ3n) is 7.59. The molecule has 1 aliphatic rings. The van der Waals surface area contributed by atoms with E-state index in [0.29, 0.717) is 18.7 Å². The molecule has 206 valence electrons. The molecule has 2 amide bonds. The van der Waals surface area contributed by atoms with E-state index in [9.17, 15) is 9.59 Å². The van der Waals surface area contributed by atoms with Crippen molar-refractivity contribution in [1.29, 1.82) is 0 Å². The number of benzene rings is 3. The molecule has 0 unspecified atom stereocenters. The van der Waals surface area contributed by atoms with Crippen molar-refractivity contribution >= 4 is 11.8 Å². The van der Waals surface area contributed by atoms with Crippen LogP contribution in [0, 0.1) is 6.92 Å². The number of nitrogens with zero attached hydrogens (tertiary/aromatic N) is 1. The van der Waals surface area contributed by atoms with E-state index in [-0.39, 0.29) is 30.4 Å². The van der Waals surface area contributed by atoms with Crippen LogP contribution in [0.15, 0.2) is 78.9 Å². The second kappa shape index (κ2) is 14.0. The summed E-state index contributed by atoms with van der Waals surface area (Å²) in [5.74, 6) is 0.692. The highest BCUT2D eigenvalue weighted by Crippen LogP contribution is 2.26. The first-order valence-corrected chi connectivity index (χ1v) is 14.3. The third-order valence-corrected chi connectivity index (χ3v) is 7.59. The molecular weight excluding hydrogens is 484 g/mol. The fourth-order valence-electron chi connectivity index (χ4n) is 5.30. The molecule has 3 aromatic rings. The topological polar surface area (TPSA) is 58.6 Å². The molecule has 0 bridgehead atoms. The molecule has 1 N–H and O–H groups in total. The minimum absolute atomic E-state index is 0.0891. The van der Waals surface area contributed by atoms with Gasteiger partial charge >= 0.3 is 0 Å². The molecule has 0 saturated heterocycles. The van der Waals surface area contributed by atoms with Crippen molar-refractivity contribution in [3.05, 3.63) is 101 Å². The van der Waals surface area contributed by atoms with Gasteiger partial charge in [0.25, 0.3) is 5.91 Å². The van der Waals surface area contributed by atoms with E-state index < -0.39 is 6.04 Å². The van der Waals surface area contributed by atoms with Gasteiger partial charge in [-0.15, -0.1) is 0 Å². The van der Waals surface area contributed by atoms with E-state index in [2.05, 4.69) is 19.2 Å². The lowest BCUT2D eigenvalue weighted by atomic mass is 9.94. The molecular formula is C34H42N2O3. The monoisotopic (exact) mass is 526 g/mol. The molecule has 1 saturated carbocycles. The Morgan fingerprint density at radius 3 is 2.23 bits per heavy atom. The maximum atomic E-state index is 13.9. The Morgan fingerprint density at radius 1 is 0.872 bits per heavy atom. The molecule has 1 aliphatic carbocycles. The maximum absolute atomic E-state index is 13.9. The van der Waals surface area contributed by atoms with Crippen molar-refractivity contribution in [2.24, 2.45) is 0 Å². The lowest BCUT2D eigenvalue weighted by Gasteiger charge is -2.33. The summed E-state index contributed by atoms with van der Waals surface area (Å²) in [5, 5.41) is 3.29. The number of aryl methyl sites for hydroxylation is 1. The van der Waals surface area contributed by atoms with E-state index in [0.717, 1.165) is 47.9 Å². The molecule has 0 heterocycles. The van der Waals surface area contributed by atoms with Gasteiger partial charge in [0.2, 0.25) is 5.91 Å². The van der Waals surface area contributed by atoms with Gasteiger partial charge < -0.3 is 15.0 Å². The van der Waals surface area contributed by atoms with Gasteiger partial charge in [-0.3, -0.25) is 9.59 Å². The zero-order valence-electron chi connectivity index (χ0n) is 23.6. The van der Waals surface area contributed by atoms with Crippen LogP contribution in [0.1, 0.15) is 74.1 Å². The van der Waals surface area contributed by atoms with E-state index in [4.69, 9.17) is 4.74 Å². The molecule has 0 aromatic heterocycles. The van der Waals surface area contributed by atoms with Crippen LogP contribution in [-0.4, -0.2) is 35.4 Å². The molecule has 0 spiro atoms. The van der Waals surface area contributed by atoms with Gasteiger partial charge in [0.15, 0.2) is 6.61 Å². The summed E-state index contributed by atoms with van der Waals surface area (Å²) in [7, 11) is 0. The molecule has 1 fully saturated rings. The van der Waals surface area contributed by atoms with Crippen LogP contribution in [0.2, 0.25) is 0 Å². The Kier molecular flexibility index (Phi) is 10.2. The van der Waals surface area contributed by atoms with Gasteiger partial charge in [0.1, 0.15) is 11.8 Å². The average Bonchev–Trinajstić information content (AvgIpc) is 2.95. The summed E-state index contributed by atoms with van der Waals surface area (Å²) >= 11 is 0. The summed E-state index contributed by atoms with van der Waals surface area (Å²) in [5.41, 5.74) is 4.22. The number of rotatable bonds is 11. The Labute approximate surface area is 233 Å². The SMILES string of the molecule is Cc1ccc(CN(C(=O)COc2ccccc2C(C)C)[C@H](Cc2ccccc2)C(=O)NC2CCCCC2)cc1. The lowest BCUT2D eigenvalue weighted by Crippen LogP contribution is -2.53. The number of ether oxygens (including phenoxy) is 1. The van der Waals surface area contributed by atoms with E-state index >= 15 is 0 Å². The number of nitrogens with one attached hydrogen (secondary N) is 1. The Balaban J connectivity index is 1.62. The van der Waals surface area contributed by atoms with Crippen molar-refractivity contribution < 1.29 is 14.3 Å². The van der Waals surface area contributed by atoms with Gasteiger partial charge in [-0.1, -0.05) is 111 Å². The molecule has 5 heteroatoms. The number of para-hydroxylation sites is 1. The van der Waals surface area contributed by atoms with Crippen LogP contribution in [0.25, 0.3) is 0 Å². The molecule has 1 atom stereocenters. The lowest BCUT2D eigenvalue weighted by molar-refractivity contribution is -0.143. The summed E-state index contributed by atoms with van der Waals surface area (Å²) in [6, 6.07) is 25.5. The maximum Gasteiger partial charge on any atom is 0.261 e. The summed E-state index contributed by atoms with van der Waals surface area (Å²) in [4.78, 5) is 29.5. The van der Waals surface area contributed by atoms with Crippen LogP contribution < -0.4 is 10.1 Å². The first-order valence-electron chi connectivity index (χ1n) is 14.3. The van der Waals surface area contributed by atoms with Gasteiger partial charge in [0, 0.05) is 19.0 Å². The average molecular weight is 527 g/mol. The van der Waals surface area contributed by atoms with Crippen LogP contribution in [0.5, 0.6) is 5.75 Å². The zero-order chi connectivity index (χ0) is 27.6. The number of hydrogen-bond donors (Lipinski definition) is 1. The Bertz CT molecular complexity index is 1200. The third kappa shape index (κ3) is 8.19. The normalized spacial score (nSPS) is 14.6. The van der Waals surface area contributed by atoms with Crippen molar-refractivity contribution in [1.82, 2.24) is 10.2 Å². The fraction of sp³-hybridized carbons (Fsp3) is 0.412. The molecule has 4 rings (SSSR count). The zero-order valence-corrected chi connectivity index (χ0v) is 23.6. The highest BCUT2D eigenvalue weighted by atomic mass is 16.5. The largest absolute Gasteiger partial charge is 0.483 e. The highest BCUT2D eigenvalue weighted by Gasteiger charge is 2.32. The van der Waals surface area contributed by atoms with Crippen LogP contribution in [-0.2, 0) is 22.6 Å². The van der Waals surface area contributed by atoms with Crippen molar-refractivity contribution in [2.45, 2.75) is 83.8 Å². The first-order chi connectivity index (χ1) is 18.9. The van der Waals surface area contributed by atoms with Crippen molar-refractivity contribution in [3.63, 3.8) is 0 Å². The van der Waals surface area contributed by atoms with Gasteiger partial charge in [0.05, 0.1) is 0 Å². The fourth-order valence-corrected chi connectivity index (χ4v) is 5.30. The minimum atomic E-state index is -0.646. The molecule has 0 radical (unpaired) electrons. The highest BCUT2D eigenvalue weighted by molar-refractivity contribution is 5.88. The Morgan fingerprint density at radius 2 is 1.54 bits per heavy atom. The molecule has 3 aromatic carbocycles. The summed E-state index contributed by atoms with van der Waals surface area (Å²) in [6.45, 7) is 6.47. The summed E-state index contributed by atoms with van der Waals surface area (Å²) < 4.78 is 6.11. The minimum Gasteiger partial charge on any atom is -0.483 e. The quantitative estimate of drug-likeness (QED) is 0.307. The smallest absolute Gasteiger partial charge is 0.261 e. The van der Waals surface area contributed by atoms with E-state index in [1.54, 1.807) is 4.90 Å². The second-order valence-electron chi connectivity index (χ2n) is 11.0. The number of carbonyl (C=O) groups excluding carboxylic acids is 2. The summed E-state index contributed by atoms with van der Waals surface area (Å²) in [6.07, 6.45) is 5.90. The van der Waals surface area contributed by atoms with Gasteiger partial charge in [-0.2, -0.15) is 0 Å². The Hall–Kier alpha value is -3.60.